The van der Waals surface area contributed by atoms with Crippen molar-refractivity contribution in [1.82, 2.24) is 5.32 Å². The van der Waals surface area contributed by atoms with Gasteiger partial charge in [-0.05, 0) is 18.6 Å². The summed E-state index contributed by atoms with van der Waals surface area (Å²) in [4.78, 5) is 11.7. The second-order valence-electron chi connectivity index (χ2n) is 3.83. The maximum atomic E-state index is 11.7. The van der Waals surface area contributed by atoms with Crippen molar-refractivity contribution in [2.24, 2.45) is 0 Å². The lowest BCUT2D eigenvalue weighted by molar-refractivity contribution is 0.0587. The minimum atomic E-state index is -0.659. The predicted octanol–water partition coefficient (Wildman–Crippen LogP) is 0.225. The van der Waals surface area contributed by atoms with Crippen molar-refractivity contribution in [2.75, 3.05) is 20.3 Å². The lowest BCUT2D eigenvalue weighted by atomic mass is 10.1. The van der Waals surface area contributed by atoms with Crippen LogP contribution >= 0.6 is 0 Å². The Bertz CT molecular complexity index is 387. The van der Waals surface area contributed by atoms with E-state index in [-0.39, 0.29) is 30.2 Å². The summed E-state index contributed by atoms with van der Waals surface area (Å²) in [5.41, 5.74) is -0.168. The molecule has 0 radical (unpaired) electrons. The van der Waals surface area contributed by atoms with Gasteiger partial charge in [-0.2, -0.15) is 0 Å². The zero-order valence-corrected chi connectivity index (χ0v) is 10.1. The van der Waals surface area contributed by atoms with Crippen LogP contribution in [-0.2, 0) is 4.74 Å². The van der Waals surface area contributed by atoms with Crippen molar-refractivity contribution < 1.29 is 24.9 Å². The van der Waals surface area contributed by atoms with Crippen LogP contribution in [0.15, 0.2) is 18.2 Å². The summed E-state index contributed by atoms with van der Waals surface area (Å²) in [7, 11) is 1.47. The molecule has 0 aromatic heterocycles. The van der Waals surface area contributed by atoms with Gasteiger partial charge in [-0.3, -0.25) is 4.79 Å². The Hall–Kier alpha value is -1.79. The van der Waals surface area contributed by atoms with E-state index in [0.29, 0.717) is 6.42 Å². The van der Waals surface area contributed by atoms with Crippen LogP contribution in [0.2, 0.25) is 0 Å². The number of aromatic hydroxyl groups is 2. The lowest BCUT2D eigenvalue weighted by Crippen LogP contribution is -2.28. The Morgan fingerprint density at radius 1 is 1.39 bits per heavy atom. The number of aliphatic hydroxyl groups excluding tert-OH is 1. The summed E-state index contributed by atoms with van der Waals surface area (Å²) in [5, 5.41) is 30.8. The van der Waals surface area contributed by atoms with E-state index in [4.69, 9.17) is 4.74 Å². The summed E-state index contributed by atoms with van der Waals surface area (Å²) in [6.07, 6.45) is -0.332. The number of ether oxygens (including phenoxy) is 1. The van der Waals surface area contributed by atoms with Crippen molar-refractivity contribution in [3.8, 4) is 11.5 Å². The summed E-state index contributed by atoms with van der Waals surface area (Å²) < 4.78 is 4.74. The number of phenols is 2. The van der Waals surface area contributed by atoms with Crippen LogP contribution in [0.1, 0.15) is 16.8 Å². The van der Waals surface area contributed by atoms with Crippen molar-refractivity contribution in [3.63, 3.8) is 0 Å². The number of carbonyl (C=O) groups is 1. The SMILES string of the molecule is COCC(O)CCNC(=O)c1c(O)cccc1O. The fourth-order valence-corrected chi connectivity index (χ4v) is 1.48. The maximum absolute atomic E-state index is 11.7. The summed E-state index contributed by atoms with van der Waals surface area (Å²) in [5.74, 6) is -1.16. The maximum Gasteiger partial charge on any atom is 0.258 e. The van der Waals surface area contributed by atoms with Gasteiger partial charge in [0.2, 0.25) is 0 Å². The largest absolute Gasteiger partial charge is 0.507 e. The number of aliphatic hydroxyl groups is 1. The molecule has 0 saturated carbocycles. The number of phenolic OH excluding ortho intramolecular Hbond substituents is 2. The van der Waals surface area contributed by atoms with Crippen LogP contribution in [-0.4, -0.2) is 47.6 Å². The van der Waals surface area contributed by atoms with E-state index in [1.165, 1.54) is 25.3 Å². The number of hydrogen-bond acceptors (Lipinski definition) is 5. The first kappa shape index (κ1) is 14.3. The van der Waals surface area contributed by atoms with Gasteiger partial charge in [0.15, 0.2) is 0 Å². The van der Waals surface area contributed by atoms with Crippen molar-refractivity contribution in [2.45, 2.75) is 12.5 Å². The smallest absolute Gasteiger partial charge is 0.258 e. The molecule has 1 unspecified atom stereocenters. The Morgan fingerprint density at radius 3 is 2.56 bits per heavy atom. The summed E-state index contributed by atoms with van der Waals surface area (Å²) in [6.45, 7) is 0.412. The molecule has 0 saturated heterocycles. The molecule has 1 aromatic carbocycles. The van der Waals surface area contributed by atoms with Crippen molar-refractivity contribution in [1.29, 1.82) is 0 Å². The van der Waals surface area contributed by atoms with Crippen molar-refractivity contribution in [3.05, 3.63) is 23.8 Å². The molecule has 6 nitrogen and oxygen atoms in total. The van der Waals surface area contributed by atoms with Gasteiger partial charge in [-0.15, -0.1) is 0 Å². The molecular weight excluding hydrogens is 238 g/mol. The number of methoxy groups -OCH3 is 1. The second kappa shape index (κ2) is 6.83. The van der Waals surface area contributed by atoms with Gasteiger partial charge < -0.3 is 25.4 Å². The fourth-order valence-electron chi connectivity index (χ4n) is 1.48. The highest BCUT2D eigenvalue weighted by atomic mass is 16.5. The van der Waals surface area contributed by atoms with Gasteiger partial charge >= 0.3 is 0 Å². The molecule has 4 N–H and O–H groups in total. The number of hydrogen-bond donors (Lipinski definition) is 4. The molecule has 100 valence electrons. The predicted molar refractivity (Wildman–Crippen MR) is 64.6 cm³/mol. The Balaban J connectivity index is 2.51. The lowest BCUT2D eigenvalue weighted by Gasteiger charge is -2.11. The standard InChI is InChI=1S/C12H17NO5/c1-18-7-8(14)5-6-13-12(17)11-9(15)3-2-4-10(11)16/h2-4,8,14-16H,5-7H2,1H3,(H,13,17). The van der Waals surface area contributed by atoms with E-state index >= 15 is 0 Å². The van der Waals surface area contributed by atoms with Crippen LogP contribution < -0.4 is 5.32 Å². The minimum Gasteiger partial charge on any atom is -0.507 e. The average molecular weight is 255 g/mol. The van der Waals surface area contributed by atoms with Gasteiger partial charge in [-0.25, -0.2) is 0 Å². The van der Waals surface area contributed by atoms with Gasteiger partial charge in [0.25, 0.3) is 5.91 Å². The van der Waals surface area contributed by atoms with E-state index in [2.05, 4.69) is 5.32 Å². The molecule has 0 aliphatic carbocycles. The van der Waals surface area contributed by atoms with E-state index in [1.807, 2.05) is 0 Å². The summed E-state index contributed by atoms with van der Waals surface area (Å²) >= 11 is 0. The Morgan fingerprint density at radius 2 is 2.00 bits per heavy atom. The molecule has 1 aromatic rings. The number of rotatable bonds is 6. The second-order valence-corrected chi connectivity index (χ2v) is 3.83. The monoisotopic (exact) mass is 255 g/mol. The highest BCUT2D eigenvalue weighted by molar-refractivity contribution is 5.99. The van der Waals surface area contributed by atoms with E-state index < -0.39 is 12.0 Å². The third-order valence-corrected chi connectivity index (χ3v) is 2.37. The van der Waals surface area contributed by atoms with Gasteiger partial charge in [-0.1, -0.05) is 6.07 Å². The Labute approximate surface area is 105 Å². The van der Waals surface area contributed by atoms with Crippen LogP contribution in [0.5, 0.6) is 11.5 Å². The molecule has 1 atom stereocenters. The van der Waals surface area contributed by atoms with Crippen LogP contribution in [0.3, 0.4) is 0 Å². The zero-order valence-electron chi connectivity index (χ0n) is 10.1. The third kappa shape index (κ3) is 3.90. The molecule has 0 fully saturated rings. The third-order valence-electron chi connectivity index (χ3n) is 2.37. The van der Waals surface area contributed by atoms with E-state index in [0.717, 1.165) is 0 Å². The number of carbonyl (C=O) groups excluding carboxylic acids is 1. The average Bonchev–Trinajstić information content (AvgIpc) is 2.29. The molecule has 1 rings (SSSR count). The fraction of sp³-hybridized carbons (Fsp3) is 0.417. The minimum absolute atomic E-state index is 0.168. The van der Waals surface area contributed by atoms with E-state index in [1.54, 1.807) is 0 Å². The van der Waals surface area contributed by atoms with Gasteiger partial charge in [0.05, 0.1) is 12.7 Å². The highest BCUT2D eigenvalue weighted by Crippen LogP contribution is 2.25. The first-order chi connectivity index (χ1) is 8.56. The van der Waals surface area contributed by atoms with Crippen LogP contribution in [0.4, 0.5) is 0 Å². The molecule has 18 heavy (non-hydrogen) atoms. The highest BCUT2D eigenvalue weighted by Gasteiger charge is 2.15. The topological polar surface area (TPSA) is 99.0 Å². The first-order valence-corrected chi connectivity index (χ1v) is 5.52. The molecule has 0 spiro atoms. The molecular formula is C12H17NO5. The molecule has 0 bridgehead atoms. The number of nitrogens with one attached hydrogen (secondary N) is 1. The molecule has 1 amide bonds. The normalized spacial score (nSPS) is 12.1. The molecule has 0 heterocycles. The van der Waals surface area contributed by atoms with Crippen LogP contribution in [0, 0.1) is 0 Å². The Kier molecular flexibility index (Phi) is 5.41. The molecule has 0 aliphatic rings. The van der Waals surface area contributed by atoms with Gasteiger partial charge in [0.1, 0.15) is 17.1 Å². The van der Waals surface area contributed by atoms with E-state index in [9.17, 15) is 20.1 Å². The first-order valence-electron chi connectivity index (χ1n) is 5.52. The molecule has 6 heteroatoms. The molecule has 0 aliphatic heterocycles. The van der Waals surface area contributed by atoms with Crippen molar-refractivity contribution >= 4 is 5.91 Å². The number of benzene rings is 1. The summed E-state index contributed by atoms with van der Waals surface area (Å²) in [6, 6.07) is 4.06. The van der Waals surface area contributed by atoms with Crippen LogP contribution in [0.25, 0.3) is 0 Å². The quantitative estimate of drug-likeness (QED) is 0.583. The zero-order chi connectivity index (χ0) is 13.5. The number of amides is 1. The van der Waals surface area contributed by atoms with Gasteiger partial charge in [0, 0.05) is 13.7 Å².